The summed E-state index contributed by atoms with van der Waals surface area (Å²) in [6.45, 7) is -0.398. The van der Waals surface area contributed by atoms with Crippen LogP contribution in [0.25, 0.3) is 0 Å². The summed E-state index contributed by atoms with van der Waals surface area (Å²) in [6.07, 6.45) is 3.00. The Morgan fingerprint density at radius 2 is 1.49 bits per heavy atom. The normalized spacial score (nSPS) is 25.3. The van der Waals surface area contributed by atoms with E-state index in [1.54, 1.807) is 54.6 Å². The lowest BCUT2D eigenvalue weighted by atomic mass is 9.65. The molecule has 3 fully saturated rings. The van der Waals surface area contributed by atoms with E-state index < -0.39 is 65.1 Å². The summed E-state index contributed by atoms with van der Waals surface area (Å²) >= 11 is 0. The maximum atomic E-state index is 15.6. The Hall–Kier alpha value is -6.29. The first-order valence-electron chi connectivity index (χ1n) is 21.9. The highest BCUT2D eigenvalue weighted by atomic mass is 16.6. The predicted molar refractivity (Wildman–Crippen MR) is 236 cm³/mol. The first-order valence-corrected chi connectivity index (χ1v) is 21.9. The van der Waals surface area contributed by atoms with Crippen LogP contribution in [-0.4, -0.2) is 69.4 Å². The number of rotatable bonds is 10. The van der Waals surface area contributed by atoms with Crippen LogP contribution in [-0.2, 0) is 24.5 Å². The van der Waals surface area contributed by atoms with Crippen LogP contribution in [0.15, 0.2) is 133 Å². The summed E-state index contributed by atoms with van der Waals surface area (Å²) in [5, 5.41) is 38.7. The minimum atomic E-state index is -1.80. The number of hydrogen-bond donors (Lipinski definition) is 5. The number of esters is 1. The van der Waals surface area contributed by atoms with Gasteiger partial charge in [0.2, 0.25) is 11.8 Å². The summed E-state index contributed by atoms with van der Waals surface area (Å²) in [7, 11) is 0. The molecule has 1 aliphatic carbocycles. The third-order valence-electron chi connectivity index (χ3n) is 13.1. The molecule has 5 aromatic carbocycles. The third kappa shape index (κ3) is 7.89. The highest BCUT2D eigenvalue weighted by Crippen LogP contribution is 2.65. The van der Waals surface area contributed by atoms with Gasteiger partial charge in [-0.3, -0.25) is 19.3 Å². The van der Waals surface area contributed by atoms with E-state index in [4.69, 9.17) is 9.47 Å². The molecular weight excluding hydrogens is 795 g/mol. The number of benzene rings is 5. The predicted octanol–water partition coefficient (Wildman–Crippen LogP) is 6.62. The molecule has 11 heteroatoms. The largest absolute Gasteiger partial charge is 0.491 e. The summed E-state index contributed by atoms with van der Waals surface area (Å²) < 4.78 is 12.5. The Balaban J connectivity index is 1.28. The SMILES string of the molecule is O=C1OC(c2ccccc2)C(c2ccccc2)N2C1C(C(=O)NCC(O)c1ccccc1)C1(C(=O)Nc3ccc(C#CC4(O)CCCCCC4)cc31)C2c1cccc(OCCO)c1. The Morgan fingerprint density at radius 3 is 2.19 bits per heavy atom. The van der Waals surface area contributed by atoms with Gasteiger partial charge in [0.05, 0.1) is 30.7 Å². The molecule has 11 nitrogen and oxygen atoms in total. The van der Waals surface area contributed by atoms with Gasteiger partial charge in [-0.25, -0.2) is 0 Å². The molecule has 63 heavy (non-hydrogen) atoms. The number of nitrogens with one attached hydrogen (secondary N) is 2. The lowest BCUT2D eigenvalue weighted by Crippen LogP contribution is -2.55. The molecule has 2 amide bonds. The van der Waals surface area contributed by atoms with E-state index in [2.05, 4.69) is 22.5 Å². The third-order valence-corrected chi connectivity index (χ3v) is 13.1. The van der Waals surface area contributed by atoms with Crippen LogP contribution >= 0.6 is 0 Å². The van der Waals surface area contributed by atoms with Gasteiger partial charge in [0, 0.05) is 17.8 Å². The highest BCUT2D eigenvalue weighted by molar-refractivity contribution is 6.12. The molecule has 0 aromatic heterocycles. The van der Waals surface area contributed by atoms with Gasteiger partial charge < -0.3 is 35.4 Å². The molecule has 322 valence electrons. The Kier molecular flexibility index (Phi) is 11.9. The highest BCUT2D eigenvalue weighted by Gasteiger charge is 2.74. The number of morpholine rings is 1. The van der Waals surface area contributed by atoms with Crippen LogP contribution in [0.3, 0.4) is 0 Å². The zero-order valence-corrected chi connectivity index (χ0v) is 34.9. The van der Waals surface area contributed by atoms with Gasteiger partial charge in [0.25, 0.3) is 0 Å². The molecule has 1 spiro atoms. The standard InChI is InChI=1S/C52H51N3O8/c56-29-30-62-39-22-14-21-38(32-39)47-52(40-31-34(23-24-41(40)54-50(52)60)25-28-51(61)26-12-1-2-13-27-51)43(48(58)53-33-42(57)35-15-6-3-7-16-35)45-49(59)63-46(37-19-10-5-11-20-37)44(55(45)47)36-17-8-4-9-18-36/h3-11,14-24,31-32,42-47,56-57,61H,1-2,12-13,26-27,29-30,33H2,(H,53,58)(H,54,60). The zero-order chi connectivity index (χ0) is 43.6. The summed E-state index contributed by atoms with van der Waals surface area (Å²) in [6, 6.07) is 37.6. The fourth-order valence-electron chi connectivity index (χ4n) is 10.3. The molecule has 5 N–H and O–H groups in total. The fraction of sp³-hybridized carbons (Fsp3) is 0.327. The van der Waals surface area contributed by atoms with Crippen molar-refractivity contribution in [2.45, 2.75) is 79.9 Å². The van der Waals surface area contributed by atoms with Crippen molar-refractivity contribution in [3.63, 3.8) is 0 Å². The van der Waals surface area contributed by atoms with Crippen molar-refractivity contribution in [2.24, 2.45) is 5.92 Å². The maximum absolute atomic E-state index is 15.6. The van der Waals surface area contributed by atoms with Crippen molar-refractivity contribution in [3.8, 4) is 17.6 Å². The Bertz CT molecular complexity index is 2520. The van der Waals surface area contributed by atoms with Crippen LogP contribution in [0.1, 0.15) is 96.2 Å². The molecule has 1 saturated carbocycles. The number of ether oxygens (including phenoxy) is 2. The van der Waals surface area contributed by atoms with Crippen LogP contribution in [0.5, 0.6) is 5.75 Å². The monoisotopic (exact) mass is 845 g/mol. The lowest BCUT2D eigenvalue weighted by molar-refractivity contribution is -0.178. The molecule has 9 rings (SSSR count). The van der Waals surface area contributed by atoms with E-state index in [-0.39, 0.29) is 19.8 Å². The fourth-order valence-corrected chi connectivity index (χ4v) is 10.3. The second kappa shape index (κ2) is 17.8. The van der Waals surface area contributed by atoms with Crippen LogP contribution in [0, 0.1) is 17.8 Å². The minimum absolute atomic E-state index is 0.0210. The van der Waals surface area contributed by atoms with Gasteiger partial charge in [-0.05, 0) is 83.8 Å². The number of hydrogen-bond acceptors (Lipinski definition) is 9. The van der Waals surface area contributed by atoms with Gasteiger partial charge in [-0.1, -0.05) is 128 Å². The van der Waals surface area contributed by atoms with Gasteiger partial charge in [-0.15, -0.1) is 0 Å². The van der Waals surface area contributed by atoms with Crippen molar-refractivity contribution < 1.29 is 39.2 Å². The summed E-state index contributed by atoms with van der Waals surface area (Å²) in [5.74, 6) is 3.63. The van der Waals surface area contributed by atoms with E-state index in [1.807, 2.05) is 83.8 Å². The van der Waals surface area contributed by atoms with E-state index in [1.165, 1.54) is 0 Å². The molecule has 3 heterocycles. The van der Waals surface area contributed by atoms with Crippen LogP contribution in [0.4, 0.5) is 5.69 Å². The number of amides is 2. The molecular formula is C52H51N3O8. The van der Waals surface area contributed by atoms with Crippen LogP contribution in [0.2, 0.25) is 0 Å². The van der Waals surface area contributed by atoms with Gasteiger partial charge in [0.1, 0.15) is 35.5 Å². The quantitative estimate of drug-likeness (QED) is 0.0593. The Labute approximate surface area is 367 Å². The summed E-state index contributed by atoms with van der Waals surface area (Å²) in [4.78, 5) is 48.1. The number of fused-ring (bicyclic) bond motifs is 3. The second-order valence-corrected chi connectivity index (χ2v) is 17.0. The molecule has 0 bridgehead atoms. The molecule has 0 radical (unpaired) electrons. The maximum Gasteiger partial charge on any atom is 0.324 e. The Morgan fingerprint density at radius 1 is 0.825 bits per heavy atom. The van der Waals surface area contributed by atoms with E-state index >= 15 is 14.4 Å². The van der Waals surface area contributed by atoms with E-state index in [0.29, 0.717) is 46.5 Å². The molecule has 3 aliphatic heterocycles. The number of anilines is 1. The van der Waals surface area contributed by atoms with Crippen molar-refractivity contribution >= 4 is 23.5 Å². The first kappa shape index (κ1) is 42.0. The van der Waals surface area contributed by atoms with Gasteiger partial charge in [-0.2, -0.15) is 0 Å². The molecule has 7 unspecified atom stereocenters. The molecule has 2 saturated heterocycles. The van der Waals surface area contributed by atoms with Gasteiger partial charge >= 0.3 is 5.97 Å². The number of carbonyl (C=O) groups excluding carboxylic acids is 3. The average Bonchev–Trinajstić information content (AvgIpc) is 3.68. The zero-order valence-electron chi connectivity index (χ0n) is 34.9. The average molecular weight is 846 g/mol. The topological polar surface area (TPSA) is 158 Å². The number of nitrogens with zero attached hydrogens (tertiary/aromatic N) is 1. The molecule has 7 atom stereocenters. The van der Waals surface area contributed by atoms with Crippen molar-refractivity contribution in [1.82, 2.24) is 10.2 Å². The van der Waals surface area contributed by atoms with Crippen LogP contribution < -0.4 is 15.4 Å². The summed E-state index contributed by atoms with van der Waals surface area (Å²) in [5.41, 5.74) is 1.21. The minimum Gasteiger partial charge on any atom is -0.491 e. The molecule has 4 aliphatic rings. The van der Waals surface area contributed by atoms with Crippen molar-refractivity contribution in [3.05, 3.63) is 167 Å². The first-order chi connectivity index (χ1) is 30.7. The number of cyclic esters (lactones) is 1. The van der Waals surface area contributed by atoms with Gasteiger partial charge in [0.15, 0.2) is 0 Å². The number of aliphatic hydroxyl groups is 3. The number of aliphatic hydroxyl groups excluding tert-OH is 2. The smallest absolute Gasteiger partial charge is 0.324 e. The van der Waals surface area contributed by atoms with Crippen molar-refractivity contribution in [1.29, 1.82) is 0 Å². The number of carbonyl (C=O) groups is 3. The van der Waals surface area contributed by atoms with Crippen molar-refractivity contribution in [2.75, 3.05) is 25.1 Å². The molecule has 5 aromatic rings. The second-order valence-electron chi connectivity index (χ2n) is 17.0. The lowest BCUT2D eigenvalue weighted by Gasteiger charge is -2.46. The van der Waals surface area contributed by atoms with E-state index in [0.717, 1.165) is 36.8 Å². The van der Waals surface area contributed by atoms with E-state index in [9.17, 15) is 15.3 Å².